The van der Waals surface area contributed by atoms with Crippen LogP contribution in [0.2, 0.25) is 0 Å². The molecule has 4 nitrogen and oxygen atoms in total. The zero-order chi connectivity index (χ0) is 17.5. The van der Waals surface area contributed by atoms with E-state index in [0.29, 0.717) is 6.61 Å². The van der Waals surface area contributed by atoms with Crippen LogP contribution in [0, 0.1) is 0 Å². The summed E-state index contributed by atoms with van der Waals surface area (Å²) in [5.41, 5.74) is 4.92. The van der Waals surface area contributed by atoms with Gasteiger partial charge in [0.15, 0.2) is 0 Å². The van der Waals surface area contributed by atoms with E-state index < -0.39 is 0 Å². The molecule has 1 atom stereocenters. The lowest BCUT2D eigenvalue weighted by Crippen LogP contribution is -2.17. The number of hydrogen-bond acceptors (Lipinski definition) is 3. The monoisotopic (exact) mass is 335 g/mol. The van der Waals surface area contributed by atoms with Crippen molar-refractivity contribution in [2.45, 2.75) is 32.7 Å². The summed E-state index contributed by atoms with van der Waals surface area (Å²) in [5, 5.41) is 8.04. The fourth-order valence-corrected chi connectivity index (χ4v) is 2.77. The number of ether oxygens (including phenoxy) is 1. The van der Waals surface area contributed by atoms with E-state index in [1.54, 1.807) is 7.11 Å². The molecular weight excluding hydrogens is 310 g/mol. The predicted octanol–water partition coefficient (Wildman–Crippen LogP) is 3.93. The first-order valence-electron chi connectivity index (χ1n) is 8.61. The average molecular weight is 335 g/mol. The van der Waals surface area contributed by atoms with Crippen molar-refractivity contribution in [3.8, 4) is 0 Å². The Morgan fingerprint density at radius 2 is 1.72 bits per heavy atom. The topological polar surface area (TPSA) is 39.1 Å². The Labute approximate surface area is 149 Å². The fraction of sp³-hybridized carbons (Fsp3) is 0.286. The van der Waals surface area contributed by atoms with Crippen molar-refractivity contribution < 1.29 is 4.74 Å². The number of aromatic nitrogens is 2. The second-order valence-corrected chi connectivity index (χ2v) is 6.31. The third kappa shape index (κ3) is 5.02. The first-order chi connectivity index (χ1) is 12.2. The molecule has 0 amide bonds. The summed E-state index contributed by atoms with van der Waals surface area (Å²) >= 11 is 0. The number of rotatable bonds is 8. The van der Waals surface area contributed by atoms with Gasteiger partial charge < -0.3 is 10.1 Å². The molecule has 25 heavy (non-hydrogen) atoms. The van der Waals surface area contributed by atoms with Crippen molar-refractivity contribution in [3.05, 3.63) is 89.2 Å². The summed E-state index contributed by atoms with van der Waals surface area (Å²) in [6.07, 6.45) is 4.06. The molecule has 0 radical (unpaired) electrons. The molecule has 3 aromatic rings. The van der Waals surface area contributed by atoms with Gasteiger partial charge in [0.2, 0.25) is 0 Å². The van der Waals surface area contributed by atoms with Gasteiger partial charge in [0.1, 0.15) is 0 Å². The minimum atomic E-state index is 0.253. The van der Waals surface area contributed by atoms with Crippen LogP contribution >= 0.6 is 0 Å². The first kappa shape index (κ1) is 17.4. The number of nitrogens with zero attached hydrogens (tertiary/aromatic N) is 2. The number of hydrogen-bond donors (Lipinski definition) is 1. The Bertz CT molecular complexity index is 765. The lowest BCUT2D eigenvalue weighted by molar-refractivity contribution is 0.185. The number of benzene rings is 2. The van der Waals surface area contributed by atoms with Gasteiger partial charge in [-0.1, -0.05) is 54.6 Å². The van der Waals surface area contributed by atoms with Crippen LogP contribution in [0.15, 0.2) is 67.0 Å². The third-order valence-corrected chi connectivity index (χ3v) is 4.29. The maximum Gasteiger partial charge on any atom is 0.0713 e. The maximum absolute atomic E-state index is 5.14. The van der Waals surface area contributed by atoms with Crippen LogP contribution < -0.4 is 5.32 Å². The van der Waals surface area contributed by atoms with Gasteiger partial charge in [-0.2, -0.15) is 5.10 Å². The van der Waals surface area contributed by atoms with Gasteiger partial charge in [0.05, 0.1) is 19.3 Å². The molecular formula is C21H25N3O. The zero-order valence-electron chi connectivity index (χ0n) is 14.9. The summed E-state index contributed by atoms with van der Waals surface area (Å²) in [6, 6.07) is 19.2. The Balaban J connectivity index is 1.53. The molecule has 1 heterocycles. The highest BCUT2D eigenvalue weighted by atomic mass is 16.5. The second-order valence-electron chi connectivity index (χ2n) is 6.31. The minimum Gasteiger partial charge on any atom is -0.380 e. The minimum absolute atomic E-state index is 0.253. The maximum atomic E-state index is 5.14. The van der Waals surface area contributed by atoms with Crippen molar-refractivity contribution in [2.24, 2.45) is 0 Å². The molecule has 0 unspecified atom stereocenters. The van der Waals surface area contributed by atoms with E-state index in [2.05, 4.69) is 72.1 Å². The van der Waals surface area contributed by atoms with E-state index in [-0.39, 0.29) is 6.04 Å². The van der Waals surface area contributed by atoms with E-state index in [0.717, 1.165) is 13.1 Å². The summed E-state index contributed by atoms with van der Waals surface area (Å²) in [7, 11) is 1.72. The Morgan fingerprint density at radius 1 is 1.00 bits per heavy atom. The quantitative estimate of drug-likeness (QED) is 0.678. The van der Waals surface area contributed by atoms with Crippen molar-refractivity contribution >= 4 is 0 Å². The van der Waals surface area contributed by atoms with Gasteiger partial charge >= 0.3 is 0 Å². The van der Waals surface area contributed by atoms with Crippen molar-refractivity contribution in [1.29, 1.82) is 0 Å². The summed E-state index contributed by atoms with van der Waals surface area (Å²) in [6.45, 7) is 4.46. The Morgan fingerprint density at radius 3 is 2.44 bits per heavy atom. The van der Waals surface area contributed by atoms with Gasteiger partial charge in [0.25, 0.3) is 0 Å². The lowest BCUT2D eigenvalue weighted by atomic mass is 10.1. The smallest absolute Gasteiger partial charge is 0.0713 e. The fourth-order valence-electron chi connectivity index (χ4n) is 2.77. The third-order valence-electron chi connectivity index (χ3n) is 4.29. The van der Waals surface area contributed by atoms with Crippen molar-refractivity contribution in [2.75, 3.05) is 7.11 Å². The van der Waals surface area contributed by atoms with Crippen LogP contribution in [0.25, 0.3) is 0 Å². The SMILES string of the molecule is COCc1ccc(CN[C@@H](C)c2cnn(Cc3ccccc3)c2)cc1. The molecule has 0 aliphatic heterocycles. The summed E-state index contributed by atoms with van der Waals surface area (Å²) in [4.78, 5) is 0. The molecule has 1 N–H and O–H groups in total. The standard InChI is InChI=1S/C21H25N3O/c1-17(22-12-18-8-10-20(11-9-18)16-25-2)21-13-23-24(15-21)14-19-6-4-3-5-7-19/h3-11,13,15,17,22H,12,14,16H2,1-2H3/t17-/m0/s1. The van der Waals surface area contributed by atoms with E-state index in [1.807, 2.05) is 16.9 Å². The largest absolute Gasteiger partial charge is 0.380 e. The molecule has 0 spiro atoms. The van der Waals surface area contributed by atoms with Gasteiger partial charge in [-0.05, 0) is 23.6 Å². The van der Waals surface area contributed by atoms with Gasteiger partial charge in [-0.25, -0.2) is 0 Å². The van der Waals surface area contributed by atoms with Crippen molar-refractivity contribution in [1.82, 2.24) is 15.1 Å². The molecule has 0 saturated heterocycles. The van der Waals surface area contributed by atoms with Gasteiger partial charge in [-0.15, -0.1) is 0 Å². The van der Waals surface area contributed by atoms with Crippen LogP contribution in [0.1, 0.15) is 35.2 Å². The van der Waals surface area contributed by atoms with Crippen LogP contribution in [-0.2, 0) is 24.4 Å². The van der Waals surface area contributed by atoms with Crippen LogP contribution in [0.3, 0.4) is 0 Å². The van der Waals surface area contributed by atoms with E-state index >= 15 is 0 Å². The summed E-state index contributed by atoms with van der Waals surface area (Å²) < 4.78 is 7.13. The number of nitrogens with one attached hydrogen (secondary N) is 1. The van der Waals surface area contributed by atoms with Gasteiger partial charge in [0, 0.05) is 31.5 Å². The summed E-state index contributed by atoms with van der Waals surface area (Å²) in [5.74, 6) is 0. The van der Waals surface area contributed by atoms with Crippen LogP contribution in [-0.4, -0.2) is 16.9 Å². The molecule has 1 aromatic heterocycles. The molecule has 0 aliphatic rings. The number of methoxy groups -OCH3 is 1. The van der Waals surface area contributed by atoms with E-state index in [4.69, 9.17) is 4.74 Å². The van der Waals surface area contributed by atoms with E-state index in [9.17, 15) is 0 Å². The molecule has 130 valence electrons. The van der Waals surface area contributed by atoms with E-state index in [1.165, 1.54) is 22.3 Å². The Hall–Kier alpha value is -2.43. The molecule has 0 saturated carbocycles. The lowest BCUT2D eigenvalue weighted by Gasteiger charge is -2.12. The molecule has 0 aliphatic carbocycles. The zero-order valence-corrected chi connectivity index (χ0v) is 14.9. The van der Waals surface area contributed by atoms with Crippen molar-refractivity contribution in [3.63, 3.8) is 0 Å². The second kappa shape index (κ2) is 8.60. The molecule has 2 aromatic carbocycles. The van der Waals surface area contributed by atoms with Crippen LogP contribution in [0.4, 0.5) is 0 Å². The molecule has 0 fully saturated rings. The molecule has 0 bridgehead atoms. The van der Waals surface area contributed by atoms with Gasteiger partial charge in [-0.3, -0.25) is 4.68 Å². The highest BCUT2D eigenvalue weighted by Gasteiger charge is 2.08. The first-order valence-corrected chi connectivity index (χ1v) is 8.61. The predicted molar refractivity (Wildman–Crippen MR) is 100 cm³/mol. The molecule has 4 heteroatoms. The molecule has 3 rings (SSSR count). The normalized spacial score (nSPS) is 12.2. The average Bonchev–Trinajstić information content (AvgIpc) is 3.10. The highest BCUT2D eigenvalue weighted by Crippen LogP contribution is 2.14. The van der Waals surface area contributed by atoms with Crippen LogP contribution in [0.5, 0.6) is 0 Å². The highest BCUT2D eigenvalue weighted by molar-refractivity contribution is 5.22. The Kier molecular flexibility index (Phi) is 5.99.